The highest BCUT2D eigenvalue weighted by atomic mass is 35.5. The van der Waals surface area contributed by atoms with E-state index in [1.807, 2.05) is 18.2 Å². The summed E-state index contributed by atoms with van der Waals surface area (Å²) in [5.74, 6) is -0.489. The van der Waals surface area contributed by atoms with E-state index in [0.29, 0.717) is 32.6 Å². The topological polar surface area (TPSA) is 58.2 Å². The van der Waals surface area contributed by atoms with Crippen LogP contribution in [0.15, 0.2) is 66.7 Å². The van der Waals surface area contributed by atoms with Crippen molar-refractivity contribution in [2.24, 2.45) is 0 Å². The third kappa shape index (κ3) is 3.65. The van der Waals surface area contributed by atoms with Gasteiger partial charge in [-0.25, -0.2) is 0 Å². The maximum atomic E-state index is 12.5. The summed E-state index contributed by atoms with van der Waals surface area (Å²) in [6, 6.07) is 19.4. The molecule has 0 aliphatic carbocycles. The molecule has 0 fully saturated rings. The van der Waals surface area contributed by atoms with E-state index in [-0.39, 0.29) is 11.8 Å². The van der Waals surface area contributed by atoms with Crippen molar-refractivity contribution in [2.75, 3.05) is 10.6 Å². The largest absolute Gasteiger partial charge is 0.322 e. The fraction of sp³-hybridized carbons (Fsp3) is 0. The predicted molar refractivity (Wildman–Crippen MR) is 114 cm³/mol. The molecule has 0 saturated carbocycles. The fourth-order valence-electron chi connectivity index (χ4n) is 3.03. The van der Waals surface area contributed by atoms with Crippen molar-refractivity contribution < 1.29 is 9.59 Å². The van der Waals surface area contributed by atoms with Crippen molar-refractivity contribution in [3.8, 4) is 0 Å². The van der Waals surface area contributed by atoms with Crippen LogP contribution < -0.4 is 10.6 Å². The molecule has 2 N–H and O–H groups in total. The number of benzene rings is 3. The Morgan fingerprint density at radius 1 is 0.964 bits per heavy atom. The number of fused-ring (bicyclic) bond motifs is 1. The highest BCUT2D eigenvalue weighted by molar-refractivity contribution is 6.36. The van der Waals surface area contributed by atoms with Gasteiger partial charge in [-0.15, -0.1) is 0 Å². The van der Waals surface area contributed by atoms with Crippen LogP contribution in [0.1, 0.15) is 21.5 Å². The molecule has 4 rings (SSSR count). The Hall–Kier alpha value is -3.08. The standard InChI is InChI=1S/C22H14Cl2N2O2/c23-14-8-9-16-18(22(28)26-20(16)12-14)11-13-4-3-5-15(10-13)25-21(27)17-6-1-2-7-19(17)24/h1-12H,(H,25,27)(H,26,28)/b18-11-. The molecule has 3 aromatic rings. The minimum atomic E-state index is -0.297. The van der Waals surface area contributed by atoms with Gasteiger partial charge < -0.3 is 10.6 Å². The lowest BCUT2D eigenvalue weighted by atomic mass is 10.0. The third-order valence-corrected chi connectivity index (χ3v) is 4.90. The van der Waals surface area contributed by atoms with E-state index in [4.69, 9.17) is 23.2 Å². The smallest absolute Gasteiger partial charge is 0.257 e. The van der Waals surface area contributed by atoms with E-state index >= 15 is 0 Å². The lowest BCUT2D eigenvalue weighted by Crippen LogP contribution is -2.12. The van der Waals surface area contributed by atoms with Crippen LogP contribution in [0, 0.1) is 0 Å². The van der Waals surface area contributed by atoms with Gasteiger partial charge in [0.2, 0.25) is 0 Å². The molecule has 0 unspecified atom stereocenters. The van der Waals surface area contributed by atoms with Crippen LogP contribution in [-0.4, -0.2) is 11.8 Å². The monoisotopic (exact) mass is 408 g/mol. The number of nitrogens with one attached hydrogen (secondary N) is 2. The van der Waals surface area contributed by atoms with Crippen LogP contribution in [-0.2, 0) is 4.79 Å². The molecule has 1 aliphatic rings. The van der Waals surface area contributed by atoms with Crippen molar-refractivity contribution in [3.05, 3.63) is 93.5 Å². The molecule has 3 aromatic carbocycles. The molecule has 0 saturated heterocycles. The molecule has 0 radical (unpaired) electrons. The predicted octanol–water partition coefficient (Wildman–Crippen LogP) is 5.74. The normalized spacial score (nSPS) is 13.9. The SMILES string of the molecule is O=C1Nc2cc(Cl)ccc2/C1=C/c1cccc(NC(=O)c2ccccc2Cl)c1. The molecular formula is C22H14Cl2N2O2. The van der Waals surface area contributed by atoms with Crippen molar-refractivity contribution in [2.45, 2.75) is 0 Å². The second kappa shape index (κ2) is 7.50. The van der Waals surface area contributed by atoms with Crippen LogP contribution in [0.25, 0.3) is 11.6 Å². The first-order valence-electron chi connectivity index (χ1n) is 8.50. The number of carbonyl (C=O) groups excluding carboxylic acids is 2. The fourth-order valence-corrected chi connectivity index (χ4v) is 3.42. The summed E-state index contributed by atoms with van der Waals surface area (Å²) in [5, 5.41) is 6.58. The van der Waals surface area contributed by atoms with Gasteiger partial charge >= 0.3 is 0 Å². The number of carbonyl (C=O) groups is 2. The molecule has 138 valence electrons. The minimum absolute atomic E-state index is 0.192. The second-order valence-electron chi connectivity index (χ2n) is 6.26. The van der Waals surface area contributed by atoms with E-state index < -0.39 is 0 Å². The third-order valence-electron chi connectivity index (χ3n) is 4.34. The summed E-state index contributed by atoms with van der Waals surface area (Å²) in [6.07, 6.45) is 1.78. The lowest BCUT2D eigenvalue weighted by Gasteiger charge is -2.08. The van der Waals surface area contributed by atoms with Crippen LogP contribution in [0.3, 0.4) is 0 Å². The molecule has 0 spiro atoms. The summed E-state index contributed by atoms with van der Waals surface area (Å²) in [4.78, 5) is 24.8. The first kappa shape index (κ1) is 18.3. The Morgan fingerprint density at radius 2 is 1.79 bits per heavy atom. The molecule has 28 heavy (non-hydrogen) atoms. The number of hydrogen-bond donors (Lipinski definition) is 2. The van der Waals surface area contributed by atoms with Gasteiger partial charge in [0.05, 0.1) is 16.3 Å². The van der Waals surface area contributed by atoms with Crippen LogP contribution in [0.2, 0.25) is 10.0 Å². The second-order valence-corrected chi connectivity index (χ2v) is 7.11. The Morgan fingerprint density at radius 3 is 2.61 bits per heavy atom. The first-order chi connectivity index (χ1) is 13.5. The number of anilines is 2. The molecule has 1 aliphatic heterocycles. The summed E-state index contributed by atoms with van der Waals surface area (Å²) >= 11 is 12.1. The molecule has 4 nitrogen and oxygen atoms in total. The highest BCUT2D eigenvalue weighted by Gasteiger charge is 2.24. The molecule has 0 atom stereocenters. The van der Waals surface area contributed by atoms with Crippen molar-refractivity contribution in [1.29, 1.82) is 0 Å². The quantitative estimate of drug-likeness (QED) is 0.542. The van der Waals surface area contributed by atoms with Gasteiger partial charge in [-0.1, -0.05) is 53.5 Å². The molecule has 0 bridgehead atoms. The number of halogens is 2. The summed E-state index contributed by atoms with van der Waals surface area (Å²) in [6.45, 7) is 0. The molecular weight excluding hydrogens is 395 g/mol. The lowest BCUT2D eigenvalue weighted by molar-refractivity contribution is -0.110. The Labute approximate surface area is 171 Å². The number of hydrogen-bond acceptors (Lipinski definition) is 2. The van der Waals surface area contributed by atoms with E-state index in [0.717, 1.165) is 11.1 Å². The maximum absolute atomic E-state index is 12.5. The van der Waals surface area contributed by atoms with E-state index in [2.05, 4.69) is 10.6 Å². The molecule has 1 heterocycles. The summed E-state index contributed by atoms with van der Waals surface area (Å²) in [5.41, 5.74) is 3.81. The van der Waals surface area contributed by atoms with Crippen molar-refractivity contribution in [3.63, 3.8) is 0 Å². The van der Waals surface area contributed by atoms with Gasteiger partial charge in [0.25, 0.3) is 11.8 Å². The van der Waals surface area contributed by atoms with Crippen molar-refractivity contribution in [1.82, 2.24) is 0 Å². The Kier molecular flexibility index (Phi) is 4.90. The zero-order valence-electron chi connectivity index (χ0n) is 14.5. The van der Waals surface area contributed by atoms with Gasteiger partial charge in [-0.05, 0) is 48.0 Å². The van der Waals surface area contributed by atoms with Gasteiger partial charge in [0.15, 0.2) is 0 Å². The number of amides is 2. The average Bonchev–Trinajstić information content (AvgIpc) is 2.96. The summed E-state index contributed by atoms with van der Waals surface area (Å²) in [7, 11) is 0. The van der Waals surface area contributed by atoms with Crippen molar-refractivity contribution >= 4 is 58.0 Å². The maximum Gasteiger partial charge on any atom is 0.257 e. The van der Waals surface area contributed by atoms with Gasteiger partial charge in [0, 0.05) is 21.8 Å². The first-order valence-corrected chi connectivity index (χ1v) is 9.26. The van der Waals surface area contributed by atoms with Crippen LogP contribution >= 0.6 is 23.2 Å². The number of rotatable bonds is 3. The minimum Gasteiger partial charge on any atom is -0.322 e. The van der Waals surface area contributed by atoms with Gasteiger partial charge in [-0.3, -0.25) is 9.59 Å². The van der Waals surface area contributed by atoms with E-state index in [1.165, 1.54) is 0 Å². The highest BCUT2D eigenvalue weighted by Crippen LogP contribution is 2.35. The van der Waals surface area contributed by atoms with Gasteiger partial charge in [0.1, 0.15) is 0 Å². The van der Waals surface area contributed by atoms with Gasteiger partial charge in [-0.2, -0.15) is 0 Å². The molecule has 0 aromatic heterocycles. The zero-order chi connectivity index (χ0) is 19.7. The zero-order valence-corrected chi connectivity index (χ0v) is 16.0. The Balaban J connectivity index is 1.62. The molecule has 6 heteroatoms. The van der Waals surface area contributed by atoms with E-state index in [1.54, 1.807) is 54.6 Å². The summed E-state index contributed by atoms with van der Waals surface area (Å²) < 4.78 is 0. The molecule has 2 amide bonds. The average molecular weight is 409 g/mol. The van der Waals surface area contributed by atoms with Crippen LogP contribution in [0.5, 0.6) is 0 Å². The van der Waals surface area contributed by atoms with E-state index in [9.17, 15) is 9.59 Å². The van der Waals surface area contributed by atoms with Crippen LogP contribution in [0.4, 0.5) is 11.4 Å². The Bertz CT molecular complexity index is 1140.